The SMILES string of the molecule is [2H]C([2H])([2H])N1CC(=O)OCCCC/C=C/CCCCC(=O)NC1=NC(=O)O. The smallest absolute Gasteiger partial charge is 0.434 e. The van der Waals surface area contributed by atoms with Crippen LogP contribution in [0.25, 0.3) is 0 Å². The van der Waals surface area contributed by atoms with Gasteiger partial charge in [-0.1, -0.05) is 12.2 Å². The number of likely N-dealkylation sites (N-methyl/N-ethyl adjacent to an activating group) is 1. The molecule has 0 aromatic rings. The number of allylic oxidation sites excluding steroid dienone is 2. The molecule has 0 atom stereocenters. The maximum atomic E-state index is 12.0. The minimum absolute atomic E-state index is 0.0752. The zero-order chi connectivity index (χ0) is 20.3. The first-order chi connectivity index (χ1) is 12.7. The van der Waals surface area contributed by atoms with Gasteiger partial charge in [-0.05, 0) is 38.5 Å². The Kier molecular flexibility index (Phi) is 7.08. The van der Waals surface area contributed by atoms with Gasteiger partial charge in [0.1, 0.15) is 6.54 Å². The van der Waals surface area contributed by atoms with Crippen LogP contribution in [0.5, 0.6) is 0 Å². The first kappa shape index (κ1) is 15.2. The number of carboxylic acid groups (broad SMARTS) is 1. The Morgan fingerprint density at radius 2 is 2.00 bits per heavy atom. The number of aliphatic imine (C=N–C) groups is 1. The number of hydrogen-bond acceptors (Lipinski definition) is 4. The first-order valence-electron chi connectivity index (χ1n) is 9.40. The maximum absolute atomic E-state index is 12.0. The fraction of sp³-hybridized carbons (Fsp3) is 0.625. The molecule has 0 radical (unpaired) electrons. The van der Waals surface area contributed by atoms with Gasteiger partial charge in [-0.2, -0.15) is 0 Å². The predicted octanol–water partition coefficient (Wildman–Crippen LogP) is 1.91. The molecule has 0 aliphatic carbocycles. The van der Waals surface area contributed by atoms with Crippen molar-refractivity contribution in [3.05, 3.63) is 12.2 Å². The van der Waals surface area contributed by atoms with E-state index >= 15 is 0 Å². The van der Waals surface area contributed by atoms with E-state index in [4.69, 9.17) is 14.0 Å². The molecule has 0 bridgehead atoms. The van der Waals surface area contributed by atoms with Gasteiger partial charge in [0.15, 0.2) is 0 Å². The van der Waals surface area contributed by atoms with Gasteiger partial charge in [-0.15, -0.1) is 4.99 Å². The van der Waals surface area contributed by atoms with Crippen LogP contribution in [0.3, 0.4) is 0 Å². The van der Waals surface area contributed by atoms with E-state index in [0.29, 0.717) is 17.7 Å². The fourth-order valence-corrected chi connectivity index (χ4v) is 2.02. The molecule has 0 fully saturated rings. The molecule has 0 unspecified atom stereocenters. The van der Waals surface area contributed by atoms with Gasteiger partial charge in [0, 0.05) is 17.5 Å². The molecule has 134 valence electrons. The van der Waals surface area contributed by atoms with Gasteiger partial charge in [-0.3, -0.25) is 14.9 Å². The highest BCUT2D eigenvalue weighted by molar-refractivity contribution is 6.01. The van der Waals surface area contributed by atoms with Crippen LogP contribution in [0, 0.1) is 0 Å². The van der Waals surface area contributed by atoms with Crippen LogP contribution >= 0.6 is 0 Å². The number of cyclic esters (lactones) is 1. The van der Waals surface area contributed by atoms with Crippen LogP contribution in [0.15, 0.2) is 17.1 Å². The summed E-state index contributed by atoms with van der Waals surface area (Å²) in [5.41, 5.74) is 0. The highest BCUT2D eigenvalue weighted by Gasteiger charge is 2.16. The summed E-state index contributed by atoms with van der Waals surface area (Å²) in [7, 11) is 0. The van der Waals surface area contributed by atoms with E-state index in [-0.39, 0.29) is 13.0 Å². The van der Waals surface area contributed by atoms with Crippen molar-refractivity contribution in [1.82, 2.24) is 10.2 Å². The summed E-state index contributed by atoms with van der Waals surface area (Å²) in [5.74, 6) is -2.14. The summed E-state index contributed by atoms with van der Waals surface area (Å²) < 4.78 is 27.6. The maximum Gasteiger partial charge on any atom is 0.434 e. The third-order valence-electron chi connectivity index (χ3n) is 3.22. The van der Waals surface area contributed by atoms with Gasteiger partial charge in [0.25, 0.3) is 0 Å². The zero-order valence-corrected chi connectivity index (χ0v) is 13.5. The van der Waals surface area contributed by atoms with E-state index in [2.05, 4.69) is 10.3 Å². The zero-order valence-electron chi connectivity index (χ0n) is 16.5. The Hall–Kier alpha value is -2.38. The van der Waals surface area contributed by atoms with Crippen molar-refractivity contribution in [2.75, 3.05) is 20.1 Å². The molecule has 24 heavy (non-hydrogen) atoms. The summed E-state index contributed by atoms with van der Waals surface area (Å²) in [4.78, 5) is 38.5. The van der Waals surface area contributed by atoms with Crippen LogP contribution in [0.1, 0.15) is 49.1 Å². The lowest BCUT2D eigenvalue weighted by atomic mass is 10.1. The minimum Gasteiger partial charge on any atom is -0.464 e. The van der Waals surface area contributed by atoms with E-state index in [0.717, 1.165) is 25.7 Å². The minimum atomic E-state index is -2.90. The van der Waals surface area contributed by atoms with Crippen LogP contribution in [0.2, 0.25) is 0 Å². The Morgan fingerprint density at radius 3 is 2.67 bits per heavy atom. The van der Waals surface area contributed by atoms with Gasteiger partial charge in [0.05, 0.1) is 6.61 Å². The van der Waals surface area contributed by atoms with Crippen LogP contribution in [-0.4, -0.2) is 54.1 Å². The van der Waals surface area contributed by atoms with Gasteiger partial charge in [-0.25, -0.2) is 4.79 Å². The lowest BCUT2D eigenvalue weighted by Gasteiger charge is -2.20. The van der Waals surface area contributed by atoms with E-state index in [9.17, 15) is 14.4 Å². The summed E-state index contributed by atoms with van der Waals surface area (Å²) in [6, 6.07) is 0. The number of nitrogens with one attached hydrogen (secondary N) is 1. The lowest BCUT2D eigenvalue weighted by molar-refractivity contribution is -0.144. The Balaban J connectivity index is 3.00. The average molecular weight is 342 g/mol. The Bertz CT molecular complexity index is 590. The predicted molar refractivity (Wildman–Crippen MR) is 88.7 cm³/mol. The summed E-state index contributed by atoms with van der Waals surface area (Å²) in [5, 5.41) is 11.1. The fourth-order valence-electron chi connectivity index (χ4n) is 2.02. The number of hydrogen-bond donors (Lipinski definition) is 2. The topological polar surface area (TPSA) is 108 Å². The van der Waals surface area contributed by atoms with Crippen LogP contribution in [0.4, 0.5) is 4.79 Å². The van der Waals surface area contributed by atoms with E-state index in [1.165, 1.54) is 0 Å². The first-order valence-corrected chi connectivity index (χ1v) is 7.90. The number of carbonyl (C=O) groups excluding carboxylic acids is 2. The summed E-state index contributed by atoms with van der Waals surface area (Å²) >= 11 is 0. The number of esters is 1. The quantitative estimate of drug-likeness (QED) is 0.514. The number of nitrogens with zero attached hydrogens (tertiary/aromatic N) is 2. The average Bonchev–Trinajstić information content (AvgIpc) is 2.55. The van der Waals surface area contributed by atoms with Crippen LogP contribution < -0.4 is 5.32 Å². The number of ether oxygens (including phenoxy) is 1. The molecule has 8 nitrogen and oxygen atoms in total. The molecule has 1 heterocycles. The molecule has 2 N–H and O–H groups in total. The van der Waals surface area contributed by atoms with Gasteiger partial charge in [0.2, 0.25) is 11.9 Å². The van der Waals surface area contributed by atoms with Crippen molar-refractivity contribution in [1.29, 1.82) is 0 Å². The molecule has 0 saturated heterocycles. The molecule has 1 rings (SSSR count). The molecule has 2 amide bonds. The second kappa shape index (κ2) is 11.2. The molecule has 0 aromatic carbocycles. The summed E-state index contributed by atoms with van der Waals surface area (Å²) in [6.45, 7) is -3.53. The van der Waals surface area contributed by atoms with E-state index in [1.807, 2.05) is 12.2 Å². The standard InChI is InChI=1S/C16H25N3O5/c1-19-12-14(21)24-11-9-7-5-3-2-4-6-8-10-13(20)17-15(19)18-16(22)23/h2-3H,4-12H2,1H3,(H,22,23)(H,17,18,20)/b3-2+/i1D3. The van der Waals surface area contributed by atoms with Crippen molar-refractivity contribution in [3.63, 3.8) is 0 Å². The molecule has 0 saturated carbocycles. The molecule has 1 aliphatic heterocycles. The summed E-state index contributed by atoms with van der Waals surface area (Å²) in [6.07, 6.45) is 6.84. The van der Waals surface area contributed by atoms with E-state index < -0.39 is 37.4 Å². The number of amides is 2. The molecule has 8 heteroatoms. The van der Waals surface area contributed by atoms with Crippen LogP contribution in [-0.2, 0) is 14.3 Å². The third kappa shape index (κ3) is 8.92. The van der Waals surface area contributed by atoms with Gasteiger partial charge < -0.3 is 14.7 Å². The normalized spacial score (nSPS) is 24.8. The van der Waals surface area contributed by atoms with Crippen molar-refractivity contribution in [3.8, 4) is 0 Å². The highest BCUT2D eigenvalue weighted by atomic mass is 16.5. The van der Waals surface area contributed by atoms with Crippen molar-refractivity contribution < 1.29 is 28.3 Å². The molecular formula is C16H25N3O5. The van der Waals surface area contributed by atoms with Crippen molar-refractivity contribution in [2.24, 2.45) is 4.99 Å². The largest absolute Gasteiger partial charge is 0.464 e. The molecule has 1 aliphatic rings. The highest BCUT2D eigenvalue weighted by Crippen LogP contribution is 2.04. The molecular weight excluding hydrogens is 314 g/mol. The Morgan fingerprint density at radius 1 is 1.29 bits per heavy atom. The second-order valence-corrected chi connectivity index (χ2v) is 5.29. The number of guanidine groups is 1. The third-order valence-corrected chi connectivity index (χ3v) is 3.22. The molecule has 0 aromatic heterocycles. The monoisotopic (exact) mass is 342 g/mol. The number of rotatable bonds is 0. The van der Waals surface area contributed by atoms with Crippen molar-refractivity contribution in [2.45, 2.75) is 44.9 Å². The lowest BCUT2D eigenvalue weighted by Crippen LogP contribution is -2.45. The van der Waals surface area contributed by atoms with Crippen molar-refractivity contribution >= 4 is 23.9 Å². The van der Waals surface area contributed by atoms with Gasteiger partial charge >= 0.3 is 12.1 Å². The number of carbonyl (C=O) groups is 3. The molecule has 0 spiro atoms. The van der Waals surface area contributed by atoms with E-state index in [1.54, 1.807) is 0 Å². The Labute approximate surface area is 145 Å². The second-order valence-electron chi connectivity index (χ2n) is 5.29.